The summed E-state index contributed by atoms with van der Waals surface area (Å²) in [5.74, 6) is -2.73. The van der Waals surface area contributed by atoms with E-state index in [2.05, 4.69) is 5.32 Å². The zero-order chi connectivity index (χ0) is 28.3. The topological polar surface area (TPSA) is 131 Å². The molecule has 3 aromatic carbocycles. The molecule has 0 aliphatic carbocycles. The Kier molecular flexibility index (Phi) is 7.63. The van der Waals surface area contributed by atoms with Crippen molar-refractivity contribution in [3.8, 4) is 0 Å². The zero-order valence-electron chi connectivity index (χ0n) is 21.6. The van der Waals surface area contributed by atoms with E-state index in [-0.39, 0.29) is 0 Å². The Balaban J connectivity index is 1.43. The standard InChI is InChI=1S/C30H28N2O8/c1-19(33)38-17-30(37)18-39-28-23(31-26(34)22-15-9-4-10-16-22)27(35)32(28)25(30)29(36)40-24(20-11-5-2-6-12-20)21-13-7-3-8-14-21/h2-16,23-25,28,37H,17-18H2,1H3,(H,31,34)/t23-,25-,28+,30-/m0/s1. The molecule has 0 unspecified atom stereocenters. The first-order valence-electron chi connectivity index (χ1n) is 12.7. The van der Waals surface area contributed by atoms with Crippen molar-refractivity contribution in [1.29, 1.82) is 0 Å². The normalized spacial score (nSPS) is 23.5. The van der Waals surface area contributed by atoms with Gasteiger partial charge in [0.15, 0.2) is 30.0 Å². The predicted octanol–water partition coefficient (Wildman–Crippen LogP) is 1.98. The Labute approximate surface area is 230 Å². The molecule has 0 saturated carbocycles. The lowest BCUT2D eigenvalue weighted by atomic mass is 9.86. The van der Waals surface area contributed by atoms with Crippen LogP contribution in [0.4, 0.5) is 0 Å². The molecule has 2 heterocycles. The van der Waals surface area contributed by atoms with Gasteiger partial charge >= 0.3 is 11.9 Å². The van der Waals surface area contributed by atoms with Gasteiger partial charge in [0, 0.05) is 12.5 Å². The Bertz CT molecular complexity index is 1350. The number of amides is 2. The van der Waals surface area contributed by atoms with Gasteiger partial charge in [0.1, 0.15) is 6.61 Å². The number of rotatable bonds is 8. The van der Waals surface area contributed by atoms with Crippen molar-refractivity contribution in [1.82, 2.24) is 10.2 Å². The number of nitrogens with zero attached hydrogens (tertiary/aromatic N) is 1. The van der Waals surface area contributed by atoms with E-state index < -0.39 is 67.0 Å². The molecule has 0 bridgehead atoms. The fourth-order valence-electron chi connectivity index (χ4n) is 4.90. The van der Waals surface area contributed by atoms with E-state index in [0.29, 0.717) is 16.7 Å². The highest BCUT2D eigenvalue weighted by Crippen LogP contribution is 2.38. The lowest BCUT2D eigenvalue weighted by molar-refractivity contribution is -0.265. The number of β-lactam (4-membered cyclic amide) rings is 1. The van der Waals surface area contributed by atoms with Gasteiger partial charge in [0.25, 0.3) is 11.8 Å². The lowest BCUT2D eigenvalue weighted by Gasteiger charge is -2.56. The molecule has 2 aliphatic rings. The number of nitrogens with one attached hydrogen (secondary N) is 1. The molecule has 2 fully saturated rings. The molecule has 10 nitrogen and oxygen atoms in total. The molecule has 40 heavy (non-hydrogen) atoms. The average molecular weight is 545 g/mol. The number of fused-ring (bicyclic) bond motifs is 1. The highest BCUT2D eigenvalue weighted by Gasteiger charge is 2.64. The fraction of sp³-hybridized carbons (Fsp3) is 0.267. The van der Waals surface area contributed by atoms with Crippen molar-refractivity contribution in [3.05, 3.63) is 108 Å². The summed E-state index contributed by atoms with van der Waals surface area (Å²) in [6, 6.07) is 23.8. The minimum absolute atomic E-state index is 0.348. The Morgan fingerprint density at radius 2 is 1.52 bits per heavy atom. The Morgan fingerprint density at radius 3 is 2.08 bits per heavy atom. The summed E-state index contributed by atoms with van der Waals surface area (Å²) in [5.41, 5.74) is -0.393. The second-order valence-corrected chi connectivity index (χ2v) is 9.69. The van der Waals surface area contributed by atoms with Crippen LogP contribution in [0.15, 0.2) is 91.0 Å². The predicted molar refractivity (Wildman–Crippen MR) is 140 cm³/mol. The minimum atomic E-state index is -2.10. The van der Waals surface area contributed by atoms with E-state index >= 15 is 0 Å². The first-order valence-corrected chi connectivity index (χ1v) is 12.7. The van der Waals surface area contributed by atoms with Gasteiger partial charge in [0.05, 0.1) is 6.61 Å². The number of hydrogen-bond donors (Lipinski definition) is 2. The second-order valence-electron chi connectivity index (χ2n) is 9.69. The number of hydrogen-bond acceptors (Lipinski definition) is 8. The van der Waals surface area contributed by atoms with Gasteiger partial charge in [-0.25, -0.2) is 4.79 Å². The molecule has 4 atom stereocenters. The molecule has 2 aliphatic heterocycles. The van der Waals surface area contributed by atoms with Crippen molar-refractivity contribution in [3.63, 3.8) is 0 Å². The first-order chi connectivity index (χ1) is 19.3. The van der Waals surface area contributed by atoms with Gasteiger partial charge in [-0.3, -0.25) is 19.3 Å². The maximum absolute atomic E-state index is 13.8. The van der Waals surface area contributed by atoms with Crippen LogP contribution in [0.25, 0.3) is 0 Å². The largest absolute Gasteiger partial charge is 0.463 e. The molecule has 2 amide bonds. The number of carbonyl (C=O) groups is 4. The van der Waals surface area contributed by atoms with Crippen molar-refractivity contribution < 1.29 is 38.5 Å². The lowest BCUT2D eigenvalue weighted by Crippen LogP contribution is -2.82. The van der Waals surface area contributed by atoms with Gasteiger partial charge in [-0.1, -0.05) is 78.9 Å². The van der Waals surface area contributed by atoms with Crippen molar-refractivity contribution >= 4 is 23.8 Å². The van der Waals surface area contributed by atoms with Crippen LogP contribution >= 0.6 is 0 Å². The molecule has 0 spiro atoms. The van der Waals surface area contributed by atoms with Gasteiger partial charge in [-0.15, -0.1) is 0 Å². The van der Waals surface area contributed by atoms with E-state index in [1.165, 1.54) is 0 Å². The molecule has 3 aromatic rings. The van der Waals surface area contributed by atoms with E-state index in [0.717, 1.165) is 11.8 Å². The molecule has 5 rings (SSSR count). The van der Waals surface area contributed by atoms with E-state index in [1.54, 1.807) is 78.9 Å². The summed E-state index contributed by atoms with van der Waals surface area (Å²) in [7, 11) is 0. The van der Waals surface area contributed by atoms with E-state index in [1.807, 2.05) is 12.1 Å². The zero-order valence-corrected chi connectivity index (χ0v) is 21.6. The van der Waals surface area contributed by atoms with Gasteiger partial charge in [-0.05, 0) is 23.3 Å². The van der Waals surface area contributed by atoms with Gasteiger partial charge < -0.3 is 24.6 Å². The molecule has 10 heteroatoms. The van der Waals surface area contributed by atoms with Crippen molar-refractivity contribution in [2.75, 3.05) is 13.2 Å². The third-order valence-corrected chi connectivity index (χ3v) is 6.88. The van der Waals surface area contributed by atoms with Crippen LogP contribution in [0.1, 0.15) is 34.5 Å². The highest BCUT2D eigenvalue weighted by molar-refractivity contribution is 6.01. The second kappa shape index (κ2) is 11.3. The summed E-state index contributed by atoms with van der Waals surface area (Å²) in [6.07, 6.45) is -1.89. The molecular formula is C30H28N2O8. The third-order valence-electron chi connectivity index (χ3n) is 6.88. The number of ether oxygens (including phenoxy) is 3. The third kappa shape index (κ3) is 5.31. The molecule has 206 valence electrons. The molecule has 2 saturated heterocycles. The van der Waals surface area contributed by atoms with Crippen LogP contribution in [-0.4, -0.2) is 70.9 Å². The maximum atomic E-state index is 13.8. The van der Waals surface area contributed by atoms with Crippen LogP contribution in [0.3, 0.4) is 0 Å². The molecular weight excluding hydrogens is 516 g/mol. The quantitative estimate of drug-likeness (QED) is 0.325. The molecule has 0 radical (unpaired) electrons. The minimum Gasteiger partial charge on any atom is -0.463 e. The number of aliphatic hydroxyl groups is 1. The van der Waals surface area contributed by atoms with Crippen LogP contribution in [0.2, 0.25) is 0 Å². The fourth-order valence-corrected chi connectivity index (χ4v) is 4.90. The maximum Gasteiger partial charge on any atom is 0.333 e. The van der Waals surface area contributed by atoms with Crippen LogP contribution in [-0.2, 0) is 28.6 Å². The SMILES string of the molecule is CC(=O)OC[C@]1(O)CO[C@@H]2[C@@H](NC(=O)c3ccccc3)C(=O)N2[C@H]1C(=O)OC(c1ccccc1)c1ccccc1. The smallest absolute Gasteiger partial charge is 0.333 e. The summed E-state index contributed by atoms with van der Waals surface area (Å²) in [4.78, 5) is 52.5. The first kappa shape index (κ1) is 27.0. The average Bonchev–Trinajstić information content (AvgIpc) is 2.98. The summed E-state index contributed by atoms with van der Waals surface area (Å²) >= 11 is 0. The van der Waals surface area contributed by atoms with E-state index in [4.69, 9.17) is 14.2 Å². The summed E-state index contributed by atoms with van der Waals surface area (Å²) in [5, 5.41) is 14.1. The number of esters is 2. The Morgan fingerprint density at radius 1 is 0.975 bits per heavy atom. The number of carbonyl (C=O) groups excluding carboxylic acids is 4. The monoisotopic (exact) mass is 544 g/mol. The van der Waals surface area contributed by atoms with Gasteiger partial charge in [0.2, 0.25) is 0 Å². The highest BCUT2D eigenvalue weighted by atomic mass is 16.6. The van der Waals surface area contributed by atoms with Crippen molar-refractivity contribution in [2.45, 2.75) is 36.9 Å². The van der Waals surface area contributed by atoms with Crippen LogP contribution in [0, 0.1) is 0 Å². The van der Waals surface area contributed by atoms with Crippen LogP contribution in [0.5, 0.6) is 0 Å². The summed E-state index contributed by atoms with van der Waals surface area (Å²) < 4.78 is 16.8. The van der Waals surface area contributed by atoms with Gasteiger partial charge in [-0.2, -0.15) is 0 Å². The van der Waals surface area contributed by atoms with E-state index in [9.17, 15) is 24.3 Å². The van der Waals surface area contributed by atoms with Crippen molar-refractivity contribution in [2.24, 2.45) is 0 Å². The van der Waals surface area contributed by atoms with Crippen LogP contribution < -0.4 is 5.32 Å². The molecule has 2 N–H and O–H groups in total. The Hall–Kier alpha value is -4.54. The summed E-state index contributed by atoms with van der Waals surface area (Å²) in [6.45, 7) is 0.0997. The number of benzene rings is 3. The molecule has 0 aromatic heterocycles.